The van der Waals surface area contributed by atoms with Crippen molar-refractivity contribution in [2.45, 2.75) is 32.5 Å². The van der Waals surface area contributed by atoms with E-state index >= 15 is 4.39 Å². The normalized spacial score (nSPS) is 11.3. The minimum absolute atomic E-state index is 0.0217. The number of amides is 2. The van der Waals surface area contributed by atoms with Crippen molar-refractivity contribution in [1.29, 1.82) is 0 Å². The first-order valence-electron chi connectivity index (χ1n) is 13.9. The van der Waals surface area contributed by atoms with Crippen LogP contribution in [0.3, 0.4) is 0 Å². The maximum atomic E-state index is 15.2. The number of alkyl halides is 3. The monoisotopic (exact) mass is 685 g/mol. The average molecular weight is 686 g/mol. The molecule has 0 aliphatic heterocycles. The molecule has 0 bridgehead atoms. The van der Waals surface area contributed by atoms with Crippen LogP contribution >= 0.6 is 11.6 Å². The lowest BCUT2D eigenvalue weighted by Gasteiger charge is -2.19. The Bertz CT molecular complexity index is 1970. The highest BCUT2D eigenvalue weighted by molar-refractivity contribution is 6.31. The number of halogens is 6. The van der Waals surface area contributed by atoms with E-state index in [1.54, 1.807) is 13.8 Å². The molecule has 0 fully saturated rings. The van der Waals surface area contributed by atoms with E-state index in [0.717, 1.165) is 6.07 Å². The molecule has 2 amide bonds. The molecule has 0 spiro atoms. The molecule has 1 heterocycles. The average Bonchev–Trinajstić information content (AvgIpc) is 3.01. The molecule has 14 heteroatoms. The lowest BCUT2D eigenvalue weighted by molar-refractivity contribution is -0.605. The molecule has 0 radical (unpaired) electrons. The molecule has 0 aliphatic carbocycles. The van der Waals surface area contributed by atoms with Gasteiger partial charge in [0.05, 0.1) is 27.8 Å². The second-order valence-electron chi connectivity index (χ2n) is 10.9. The molecule has 1 aromatic heterocycles. The van der Waals surface area contributed by atoms with Crippen LogP contribution in [-0.4, -0.2) is 29.7 Å². The van der Waals surface area contributed by atoms with Crippen LogP contribution in [0, 0.1) is 35.6 Å². The summed E-state index contributed by atoms with van der Waals surface area (Å²) in [5.74, 6) is 0.913. The van der Waals surface area contributed by atoms with Crippen LogP contribution in [0.15, 0.2) is 73.1 Å². The number of rotatable bonds is 8. The lowest BCUT2D eigenvalue weighted by Crippen LogP contribution is -2.42. The van der Waals surface area contributed by atoms with Gasteiger partial charge in [0.1, 0.15) is 17.4 Å². The van der Waals surface area contributed by atoms with Gasteiger partial charge in [0.2, 0.25) is 0 Å². The number of aromatic nitrogens is 1. The first kappa shape index (κ1) is 35.4. The van der Waals surface area contributed by atoms with Crippen molar-refractivity contribution in [3.8, 4) is 17.6 Å². The maximum Gasteiger partial charge on any atom is 0.416 e. The standard InChI is InChI=1S/C34H25ClF5N3O5/c1-19-27(6-4-20(30(19)37)8-11-33(2,3)42-32(46)21-9-12-43(47)13-10-21)41-29(44)18-48-28-7-5-24(35)17-26(28)31(45)22-14-23(34(38,39)40)16-25(36)15-22/h4-7,9-10,12-17H,18H2,1-3H3,(H,41,44)(H,42,46). The smallest absolute Gasteiger partial charge is 0.416 e. The fourth-order valence-corrected chi connectivity index (χ4v) is 4.44. The molecule has 0 saturated heterocycles. The van der Waals surface area contributed by atoms with E-state index in [0.29, 0.717) is 16.9 Å². The minimum atomic E-state index is -4.91. The molecule has 2 N–H and O–H groups in total. The highest BCUT2D eigenvalue weighted by atomic mass is 35.5. The second kappa shape index (κ2) is 14.1. The number of hydrogen-bond donors (Lipinski definition) is 2. The van der Waals surface area contributed by atoms with Gasteiger partial charge in [0, 0.05) is 34.0 Å². The van der Waals surface area contributed by atoms with Crippen LogP contribution in [0.25, 0.3) is 0 Å². The fraction of sp³-hybridized carbons (Fsp3) is 0.176. The van der Waals surface area contributed by atoms with Gasteiger partial charge in [-0.05, 0) is 69.3 Å². The van der Waals surface area contributed by atoms with Crippen LogP contribution in [-0.2, 0) is 11.0 Å². The van der Waals surface area contributed by atoms with Crippen molar-refractivity contribution in [3.05, 3.63) is 128 Å². The predicted molar refractivity (Wildman–Crippen MR) is 165 cm³/mol. The number of carbonyl (C=O) groups excluding carboxylic acids is 3. The minimum Gasteiger partial charge on any atom is -0.619 e. The third-order valence-electron chi connectivity index (χ3n) is 6.69. The molecule has 0 atom stereocenters. The van der Waals surface area contributed by atoms with E-state index in [2.05, 4.69) is 22.5 Å². The van der Waals surface area contributed by atoms with Crippen molar-refractivity contribution < 1.29 is 45.8 Å². The number of nitrogens with zero attached hydrogens (tertiary/aromatic N) is 1. The summed E-state index contributed by atoms with van der Waals surface area (Å²) in [6.45, 7) is 3.90. The van der Waals surface area contributed by atoms with Crippen molar-refractivity contribution in [1.82, 2.24) is 5.32 Å². The fourth-order valence-electron chi connectivity index (χ4n) is 4.27. The number of anilines is 1. The maximum absolute atomic E-state index is 15.2. The number of carbonyl (C=O) groups is 3. The highest BCUT2D eigenvalue weighted by Crippen LogP contribution is 2.32. The number of hydrogen-bond acceptors (Lipinski definition) is 5. The largest absolute Gasteiger partial charge is 0.619 e. The Morgan fingerprint density at radius 3 is 2.31 bits per heavy atom. The summed E-state index contributed by atoms with van der Waals surface area (Å²) in [6.07, 6.45) is -2.57. The zero-order valence-corrected chi connectivity index (χ0v) is 26.1. The first-order chi connectivity index (χ1) is 22.4. The molecule has 4 rings (SSSR count). The number of benzene rings is 3. The Hall–Kier alpha value is -5.48. The molecule has 248 valence electrons. The van der Waals surface area contributed by atoms with Crippen LogP contribution < -0.4 is 20.1 Å². The van der Waals surface area contributed by atoms with Gasteiger partial charge in [-0.1, -0.05) is 23.4 Å². The summed E-state index contributed by atoms with van der Waals surface area (Å²) in [5.41, 5.74) is -3.09. The van der Waals surface area contributed by atoms with Gasteiger partial charge in [0.15, 0.2) is 24.8 Å². The number of ketones is 1. The van der Waals surface area contributed by atoms with Gasteiger partial charge in [-0.3, -0.25) is 14.4 Å². The third kappa shape index (κ3) is 8.86. The van der Waals surface area contributed by atoms with E-state index in [1.807, 2.05) is 0 Å². The summed E-state index contributed by atoms with van der Waals surface area (Å²) < 4.78 is 74.7. The van der Waals surface area contributed by atoms with Crippen LogP contribution in [0.4, 0.5) is 27.6 Å². The van der Waals surface area contributed by atoms with Crippen molar-refractivity contribution in [2.24, 2.45) is 0 Å². The zero-order chi connectivity index (χ0) is 35.4. The SMILES string of the molecule is Cc1c(NC(=O)COc2ccc(Cl)cc2C(=O)c2cc(F)cc(C(F)(F)F)c2)ccc(C#CC(C)(C)NC(=O)c2cc[n+]([O-])cc2)c1F. The summed E-state index contributed by atoms with van der Waals surface area (Å²) >= 11 is 5.98. The molecule has 3 aromatic carbocycles. The van der Waals surface area contributed by atoms with Crippen LogP contribution in [0.5, 0.6) is 5.75 Å². The molecule has 4 aromatic rings. The molecule has 8 nitrogen and oxygen atoms in total. The van der Waals surface area contributed by atoms with Crippen LogP contribution in [0.1, 0.15) is 56.8 Å². The molecule has 48 heavy (non-hydrogen) atoms. The number of nitrogens with one attached hydrogen (secondary N) is 2. The van der Waals surface area contributed by atoms with Crippen molar-refractivity contribution >= 4 is 34.9 Å². The summed E-state index contributed by atoms with van der Waals surface area (Å²) in [4.78, 5) is 38.3. The van der Waals surface area contributed by atoms with E-state index in [9.17, 15) is 37.2 Å². The van der Waals surface area contributed by atoms with E-state index < -0.39 is 58.7 Å². The topological polar surface area (TPSA) is 111 Å². The molecular weight excluding hydrogens is 661 g/mol. The number of pyridine rings is 1. The van der Waals surface area contributed by atoms with E-state index in [-0.39, 0.29) is 44.8 Å². The summed E-state index contributed by atoms with van der Waals surface area (Å²) in [7, 11) is 0. The Kier molecular flexibility index (Phi) is 10.4. The Morgan fingerprint density at radius 1 is 0.958 bits per heavy atom. The van der Waals surface area contributed by atoms with Crippen molar-refractivity contribution in [3.63, 3.8) is 0 Å². The van der Waals surface area contributed by atoms with Gasteiger partial charge < -0.3 is 20.6 Å². The van der Waals surface area contributed by atoms with Gasteiger partial charge >= 0.3 is 6.18 Å². The van der Waals surface area contributed by atoms with Crippen molar-refractivity contribution in [2.75, 3.05) is 11.9 Å². The second-order valence-corrected chi connectivity index (χ2v) is 11.3. The Morgan fingerprint density at radius 2 is 1.65 bits per heavy atom. The molecule has 0 unspecified atom stereocenters. The van der Waals surface area contributed by atoms with Gasteiger partial charge in [-0.15, -0.1) is 0 Å². The summed E-state index contributed by atoms with van der Waals surface area (Å²) in [6, 6.07) is 10.4. The molecule has 0 saturated carbocycles. The summed E-state index contributed by atoms with van der Waals surface area (Å²) in [5, 5.41) is 16.4. The molecule has 0 aliphatic rings. The lowest BCUT2D eigenvalue weighted by atomic mass is 10.00. The zero-order valence-electron chi connectivity index (χ0n) is 25.4. The van der Waals surface area contributed by atoms with Gasteiger partial charge in [-0.25, -0.2) is 8.78 Å². The Balaban J connectivity index is 1.45. The quantitative estimate of drug-likeness (QED) is 0.0735. The predicted octanol–water partition coefficient (Wildman–Crippen LogP) is 6.39. The number of ether oxygens (including phenoxy) is 1. The van der Waals surface area contributed by atoms with Crippen LogP contribution in [0.2, 0.25) is 5.02 Å². The highest BCUT2D eigenvalue weighted by Gasteiger charge is 2.32. The Labute approximate surface area is 276 Å². The first-order valence-corrected chi connectivity index (χ1v) is 14.3. The van der Waals surface area contributed by atoms with E-state index in [1.165, 1.54) is 55.7 Å². The molecular formula is C34H25ClF5N3O5. The van der Waals surface area contributed by atoms with Gasteiger partial charge in [0.25, 0.3) is 11.8 Å². The van der Waals surface area contributed by atoms with Gasteiger partial charge in [-0.2, -0.15) is 17.9 Å². The third-order valence-corrected chi connectivity index (χ3v) is 6.93. The van der Waals surface area contributed by atoms with E-state index in [4.69, 9.17) is 16.3 Å².